The molecule has 0 fully saturated rings. The summed E-state index contributed by atoms with van der Waals surface area (Å²) in [6.07, 6.45) is 2.36. The molecule has 4 N–H and O–H groups in total. The molecule has 1 atom stereocenters. The first kappa shape index (κ1) is 19.3. The van der Waals surface area contributed by atoms with E-state index in [1.807, 2.05) is 36.4 Å². The second kappa shape index (κ2) is 7.88. The van der Waals surface area contributed by atoms with Crippen LogP contribution >= 0.6 is 11.6 Å². The Morgan fingerprint density at radius 3 is 2.81 bits per heavy atom. The first-order chi connectivity index (χ1) is 15.1. The highest BCUT2D eigenvalue weighted by molar-refractivity contribution is 6.32. The molecule has 0 bridgehead atoms. The Balaban J connectivity index is 1.60. The van der Waals surface area contributed by atoms with Gasteiger partial charge in [-0.2, -0.15) is 9.97 Å². The zero-order chi connectivity index (χ0) is 21.4. The first-order valence-corrected chi connectivity index (χ1v) is 10.4. The summed E-state index contributed by atoms with van der Waals surface area (Å²) in [6, 6.07) is 15.9. The van der Waals surface area contributed by atoms with Gasteiger partial charge in [-0.1, -0.05) is 42.8 Å². The van der Waals surface area contributed by atoms with Crippen LogP contribution in [0.1, 0.15) is 18.9 Å². The topological polar surface area (TPSA) is 108 Å². The van der Waals surface area contributed by atoms with E-state index in [1.54, 1.807) is 6.33 Å². The number of hydrogen-bond acceptors (Lipinski definition) is 7. The quantitative estimate of drug-likeness (QED) is 0.427. The van der Waals surface area contributed by atoms with Crippen LogP contribution in [0.25, 0.3) is 11.2 Å². The number of nitrogens with zero attached hydrogens (tertiary/aromatic N) is 5. The monoisotopic (exact) mass is 432 g/mol. The van der Waals surface area contributed by atoms with E-state index in [4.69, 9.17) is 22.3 Å². The molecule has 0 saturated carbocycles. The van der Waals surface area contributed by atoms with Crippen molar-refractivity contribution >= 4 is 51.7 Å². The van der Waals surface area contributed by atoms with E-state index in [2.05, 4.69) is 49.2 Å². The number of halogens is 1. The molecular formula is C22H21ClN8. The molecule has 0 spiro atoms. The molecule has 0 saturated heterocycles. The van der Waals surface area contributed by atoms with Crippen LogP contribution in [0.15, 0.2) is 59.9 Å². The van der Waals surface area contributed by atoms with Gasteiger partial charge in [-0.05, 0) is 30.7 Å². The molecule has 0 amide bonds. The van der Waals surface area contributed by atoms with E-state index in [0.717, 1.165) is 29.2 Å². The summed E-state index contributed by atoms with van der Waals surface area (Å²) in [5.74, 6) is 1.65. The van der Waals surface area contributed by atoms with Gasteiger partial charge in [0.15, 0.2) is 11.5 Å². The summed E-state index contributed by atoms with van der Waals surface area (Å²) in [5.41, 5.74) is 10.1. The van der Waals surface area contributed by atoms with Crippen LogP contribution in [0.5, 0.6) is 0 Å². The van der Waals surface area contributed by atoms with Crippen LogP contribution in [0.4, 0.5) is 23.1 Å². The molecule has 5 rings (SSSR count). The molecule has 3 heterocycles. The predicted molar refractivity (Wildman–Crippen MR) is 125 cm³/mol. The second-order valence-corrected chi connectivity index (χ2v) is 7.67. The summed E-state index contributed by atoms with van der Waals surface area (Å²) >= 11 is 6.50. The van der Waals surface area contributed by atoms with Gasteiger partial charge in [0.25, 0.3) is 0 Å². The second-order valence-electron chi connectivity index (χ2n) is 7.27. The van der Waals surface area contributed by atoms with Crippen LogP contribution in [-0.4, -0.2) is 31.8 Å². The third-order valence-electron chi connectivity index (χ3n) is 5.32. The average molecular weight is 433 g/mol. The SMILES string of the molecule is CCC(Nc1nc(N)nc2nc[nH]c12)C1=Nc2cccc(Cl)c2CN1c1ccccc1. The van der Waals surface area contributed by atoms with Crippen molar-refractivity contribution in [2.24, 2.45) is 4.99 Å². The molecular weight excluding hydrogens is 412 g/mol. The van der Waals surface area contributed by atoms with Crippen molar-refractivity contribution in [3.05, 3.63) is 65.4 Å². The molecule has 2 aromatic heterocycles. The lowest BCUT2D eigenvalue weighted by molar-refractivity contribution is 0.819. The maximum absolute atomic E-state index is 6.50. The maximum Gasteiger partial charge on any atom is 0.224 e. The fourth-order valence-electron chi connectivity index (χ4n) is 3.80. The minimum absolute atomic E-state index is 0.131. The summed E-state index contributed by atoms with van der Waals surface area (Å²) in [4.78, 5) is 23.1. The highest BCUT2D eigenvalue weighted by atomic mass is 35.5. The molecule has 1 aliphatic heterocycles. The van der Waals surface area contributed by atoms with Gasteiger partial charge in [0.1, 0.15) is 11.4 Å². The molecule has 2 aromatic carbocycles. The number of hydrogen-bond donors (Lipinski definition) is 3. The van der Waals surface area contributed by atoms with Gasteiger partial charge in [-0.15, -0.1) is 0 Å². The summed E-state index contributed by atoms with van der Waals surface area (Å²) < 4.78 is 0. The Labute approximate surface area is 184 Å². The number of amidine groups is 1. The van der Waals surface area contributed by atoms with Gasteiger partial charge in [0.2, 0.25) is 5.95 Å². The lowest BCUT2D eigenvalue weighted by atomic mass is 10.1. The number of imidazole rings is 1. The fourth-order valence-corrected chi connectivity index (χ4v) is 4.03. The molecule has 156 valence electrons. The Hall–Kier alpha value is -3.65. The van der Waals surface area contributed by atoms with Gasteiger partial charge in [0, 0.05) is 16.3 Å². The number of nitrogens with two attached hydrogens (primary N) is 1. The molecule has 9 heteroatoms. The van der Waals surface area contributed by atoms with Crippen LogP contribution in [0.2, 0.25) is 5.02 Å². The standard InChI is InChI=1S/C22H21ClN8/c1-2-16(27-20-18-19(26-12-25-18)29-22(24)30-20)21-28-17-10-6-9-15(23)14(17)11-31(21)13-7-4-3-5-8-13/h3-10,12,16H,2,11H2,1H3,(H4,24,25,26,27,29,30). The minimum Gasteiger partial charge on any atom is -0.368 e. The molecule has 4 aromatic rings. The van der Waals surface area contributed by atoms with Gasteiger partial charge < -0.3 is 20.9 Å². The number of para-hydroxylation sites is 1. The van der Waals surface area contributed by atoms with Crippen LogP contribution in [0.3, 0.4) is 0 Å². The molecule has 31 heavy (non-hydrogen) atoms. The van der Waals surface area contributed by atoms with E-state index in [0.29, 0.717) is 28.5 Å². The van der Waals surface area contributed by atoms with Gasteiger partial charge >= 0.3 is 0 Å². The number of aromatic amines is 1. The zero-order valence-corrected chi connectivity index (χ0v) is 17.6. The van der Waals surface area contributed by atoms with Crippen LogP contribution in [-0.2, 0) is 6.54 Å². The number of rotatable bonds is 5. The van der Waals surface area contributed by atoms with E-state index in [9.17, 15) is 0 Å². The molecule has 8 nitrogen and oxygen atoms in total. The minimum atomic E-state index is -0.131. The van der Waals surface area contributed by atoms with E-state index < -0.39 is 0 Å². The smallest absolute Gasteiger partial charge is 0.224 e. The molecule has 0 radical (unpaired) electrons. The molecule has 1 unspecified atom stereocenters. The number of aromatic nitrogens is 4. The highest BCUT2D eigenvalue weighted by Crippen LogP contribution is 2.35. The number of nitrogens with one attached hydrogen (secondary N) is 2. The van der Waals surface area contributed by atoms with Crippen LogP contribution < -0.4 is 16.0 Å². The highest BCUT2D eigenvalue weighted by Gasteiger charge is 2.29. The Bertz CT molecular complexity index is 1270. The number of fused-ring (bicyclic) bond motifs is 2. The average Bonchev–Trinajstić information content (AvgIpc) is 3.26. The van der Waals surface area contributed by atoms with Gasteiger partial charge in [-0.3, -0.25) is 0 Å². The lowest BCUT2D eigenvalue weighted by Gasteiger charge is -2.35. The van der Waals surface area contributed by atoms with Crippen molar-refractivity contribution in [3.8, 4) is 0 Å². The number of benzene rings is 2. The molecule has 0 aliphatic carbocycles. The van der Waals surface area contributed by atoms with E-state index >= 15 is 0 Å². The van der Waals surface area contributed by atoms with Crippen molar-refractivity contribution in [3.63, 3.8) is 0 Å². The van der Waals surface area contributed by atoms with E-state index in [-0.39, 0.29) is 12.0 Å². The largest absolute Gasteiger partial charge is 0.368 e. The fraction of sp³-hybridized carbons (Fsp3) is 0.182. The normalized spacial score (nSPS) is 14.3. The van der Waals surface area contributed by atoms with E-state index in [1.165, 1.54) is 0 Å². The third kappa shape index (κ3) is 3.55. The number of nitrogen functional groups attached to an aromatic ring is 1. The Kier molecular flexibility index (Phi) is 4.91. The summed E-state index contributed by atoms with van der Waals surface area (Å²) in [6.45, 7) is 2.73. The number of aliphatic imine (C=N–C) groups is 1. The third-order valence-corrected chi connectivity index (χ3v) is 5.68. The molecule has 1 aliphatic rings. The Morgan fingerprint density at radius 1 is 1.16 bits per heavy atom. The number of H-pyrrole nitrogens is 1. The number of anilines is 3. The van der Waals surface area contributed by atoms with Crippen molar-refractivity contribution in [1.29, 1.82) is 0 Å². The van der Waals surface area contributed by atoms with Crippen molar-refractivity contribution in [2.75, 3.05) is 16.0 Å². The van der Waals surface area contributed by atoms with Crippen molar-refractivity contribution < 1.29 is 0 Å². The predicted octanol–water partition coefficient (Wildman–Crippen LogP) is 4.53. The lowest BCUT2D eigenvalue weighted by Crippen LogP contribution is -2.44. The Morgan fingerprint density at radius 2 is 2.00 bits per heavy atom. The van der Waals surface area contributed by atoms with Gasteiger partial charge in [-0.25, -0.2) is 9.98 Å². The van der Waals surface area contributed by atoms with Crippen LogP contribution in [0, 0.1) is 0 Å². The first-order valence-electron chi connectivity index (χ1n) is 10.1. The zero-order valence-electron chi connectivity index (χ0n) is 16.9. The van der Waals surface area contributed by atoms with Crippen molar-refractivity contribution in [1.82, 2.24) is 19.9 Å². The summed E-state index contributed by atoms with van der Waals surface area (Å²) in [7, 11) is 0. The summed E-state index contributed by atoms with van der Waals surface area (Å²) in [5, 5.41) is 4.22. The van der Waals surface area contributed by atoms with Gasteiger partial charge in [0.05, 0.1) is 24.6 Å². The van der Waals surface area contributed by atoms with Crippen molar-refractivity contribution in [2.45, 2.75) is 25.9 Å². The maximum atomic E-state index is 6.50.